The highest BCUT2D eigenvalue weighted by atomic mass is 32.1. The molecule has 0 aromatic heterocycles. The Morgan fingerprint density at radius 2 is 2.17 bits per heavy atom. The van der Waals surface area contributed by atoms with Crippen LogP contribution < -0.4 is 5.32 Å². The molecule has 3 rings (SSSR count). The van der Waals surface area contributed by atoms with Crippen LogP contribution in [0.1, 0.15) is 26.2 Å². The predicted octanol–water partition coefficient (Wildman–Crippen LogP) is 2.84. The third-order valence-electron chi connectivity index (χ3n) is 4.93. The molecule has 23 heavy (non-hydrogen) atoms. The molecule has 1 fully saturated rings. The van der Waals surface area contributed by atoms with Crippen LogP contribution in [0.15, 0.2) is 26.9 Å². The lowest BCUT2D eigenvalue weighted by molar-refractivity contribution is -0.118. The number of aliphatic hydroxyl groups is 1. The van der Waals surface area contributed by atoms with Crippen LogP contribution in [-0.2, 0) is 16.1 Å². The second-order valence-corrected chi connectivity index (χ2v) is 6.80. The van der Waals surface area contributed by atoms with E-state index in [4.69, 9.17) is 0 Å². The average molecular weight is 334 g/mol. The van der Waals surface area contributed by atoms with Gasteiger partial charge in [0.1, 0.15) is 11.4 Å². The van der Waals surface area contributed by atoms with Gasteiger partial charge in [-0.2, -0.15) is 8.73 Å². The summed E-state index contributed by atoms with van der Waals surface area (Å²) >= 11 is 1.15. The topological polar surface area (TPSA) is 77.3 Å². The van der Waals surface area contributed by atoms with E-state index in [0.717, 1.165) is 60.8 Å². The molecule has 2 N–H and O–H groups in total. The van der Waals surface area contributed by atoms with Gasteiger partial charge in [-0.05, 0) is 49.9 Å². The third kappa shape index (κ3) is 3.52. The Labute approximate surface area is 139 Å². The van der Waals surface area contributed by atoms with E-state index in [1.54, 1.807) is 0 Å². The Kier molecular flexibility index (Phi) is 4.89. The van der Waals surface area contributed by atoms with Crippen molar-refractivity contribution in [3.63, 3.8) is 0 Å². The van der Waals surface area contributed by atoms with Crippen molar-refractivity contribution < 1.29 is 9.90 Å². The van der Waals surface area contributed by atoms with Crippen molar-refractivity contribution in [3.8, 4) is 0 Å². The third-order valence-corrected chi connectivity index (χ3v) is 5.47. The standard InChI is InChI=1S/C16H22N4O2S/c1-2-16(11-21)6-8-20(9-7-16)10-14(22)17-12-4-3-5-13-15(12)19-23-18-13/h3-5,21H,2,6-11H2,1H3,(H,17,22). The molecule has 1 aromatic carbocycles. The molecule has 1 aromatic rings. The highest BCUT2D eigenvalue weighted by Crippen LogP contribution is 2.38. The van der Waals surface area contributed by atoms with E-state index in [0.29, 0.717) is 6.54 Å². The summed E-state index contributed by atoms with van der Waals surface area (Å²) in [5.41, 5.74) is 2.32. The van der Waals surface area contributed by atoms with Crippen LogP contribution in [0.25, 0.3) is 0 Å². The second kappa shape index (κ2) is 6.90. The number of anilines is 1. The lowest BCUT2D eigenvalue weighted by Crippen LogP contribution is -2.44. The molecular weight excluding hydrogens is 312 g/mol. The summed E-state index contributed by atoms with van der Waals surface area (Å²) in [5, 5.41) is 12.5. The van der Waals surface area contributed by atoms with Gasteiger partial charge in [0, 0.05) is 6.61 Å². The number of fused-ring (bicyclic) bond motifs is 1. The average Bonchev–Trinajstić information content (AvgIpc) is 3.06. The zero-order valence-electron chi connectivity index (χ0n) is 13.3. The summed E-state index contributed by atoms with van der Waals surface area (Å²) in [6.07, 6.45) is 2.88. The van der Waals surface area contributed by atoms with Crippen LogP contribution in [0.4, 0.5) is 17.1 Å². The number of nitrogens with zero attached hydrogens (tertiary/aromatic N) is 3. The van der Waals surface area contributed by atoms with Gasteiger partial charge in [0.15, 0.2) is 0 Å². The molecule has 1 amide bonds. The van der Waals surface area contributed by atoms with E-state index in [1.165, 1.54) is 0 Å². The van der Waals surface area contributed by atoms with Gasteiger partial charge in [0.25, 0.3) is 0 Å². The largest absolute Gasteiger partial charge is 0.396 e. The van der Waals surface area contributed by atoms with Gasteiger partial charge >= 0.3 is 0 Å². The van der Waals surface area contributed by atoms with Gasteiger partial charge in [0.2, 0.25) is 5.91 Å². The summed E-state index contributed by atoms with van der Waals surface area (Å²) in [6.45, 7) is 4.44. The molecule has 2 heterocycles. The number of hydrogen-bond donors (Lipinski definition) is 2. The number of carbonyl (C=O) groups excluding carboxylic acids is 1. The maximum atomic E-state index is 12.3. The van der Waals surface area contributed by atoms with Gasteiger partial charge in [0.05, 0.1) is 23.6 Å². The van der Waals surface area contributed by atoms with E-state index in [9.17, 15) is 9.90 Å². The highest BCUT2D eigenvalue weighted by Gasteiger charge is 2.32. The minimum atomic E-state index is -0.0292. The fraction of sp³-hybridized carbons (Fsp3) is 0.562. The number of likely N-dealkylation sites (tertiary alicyclic amines) is 1. The van der Waals surface area contributed by atoms with E-state index in [-0.39, 0.29) is 17.9 Å². The molecule has 6 nitrogen and oxygen atoms in total. The fourth-order valence-corrected chi connectivity index (χ4v) is 3.66. The van der Waals surface area contributed by atoms with E-state index in [2.05, 4.69) is 25.9 Å². The molecule has 2 aliphatic rings. The molecule has 7 heteroatoms. The Morgan fingerprint density at radius 3 is 2.87 bits per heavy atom. The van der Waals surface area contributed by atoms with Crippen molar-refractivity contribution in [2.24, 2.45) is 14.1 Å². The number of piperidine rings is 1. The van der Waals surface area contributed by atoms with Gasteiger partial charge in [-0.15, -0.1) is 0 Å². The number of rotatable bonds is 5. The maximum Gasteiger partial charge on any atom is 0.238 e. The van der Waals surface area contributed by atoms with E-state index >= 15 is 0 Å². The Hall–Kier alpha value is -1.57. The predicted molar refractivity (Wildman–Crippen MR) is 92.1 cm³/mol. The first-order valence-corrected chi connectivity index (χ1v) is 8.73. The molecule has 1 saturated heterocycles. The first-order chi connectivity index (χ1) is 11.2. The van der Waals surface area contributed by atoms with Gasteiger partial charge < -0.3 is 10.4 Å². The number of benzene rings is 1. The normalized spacial score (nSPS) is 19.2. The van der Waals surface area contributed by atoms with Gasteiger partial charge in [-0.25, -0.2) is 0 Å². The molecule has 0 atom stereocenters. The first-order valence-electron chi connectivity index (χ1n) is 8.00. The van der Waals surface area contributed by atoms with Crippen molar-refractivity contribution in [2.45, 2.75) is 26.2 Å². The molecule has 0 saturated carbocycles. The number of carbonyl (C=O) groups is 1. The monoisotopic (exact) mass is 334 g/mol. The minimum Gasteiger partial charge on any atom is -0.396 e. The quantitative estimate of drug-likeness (QED) is 0.882. The second-order valence-electron chi connectivity index (χ2n) is 6.27. The molecule has 0 aliphatic carbocycles. The Balaban J connectivity index is 1.55. The van der Waals surface area contributed by atoms with E-state index in [1.807, 2.05) is 18.2 Å². The molecule has 0 unspecified atom stereocenters. The van der Waals surface area contributed by atoms with Crippen LogP contribution in [0, 0.1) is 5.41 Å². The summed E-state index contributed by atoms with van der Waals surface area (Å²) in [5.74, 6) is -0.0292. The summed E-state index contributed by atoms with van der Waals surface area (Å²) in [7, 11) is 0. The molecule has 0 radical (unpaired) electrons. The first kappa shape index (κ1) is 16.3. The molecule has 124 valence electrons. The molecular formula is C16H22N4O2S. The lowest BCUT2D eigenvalue weighted by Gasteiger charge is -2.39. The summed E-state index contributed by atoms with van der Waals surface area (Å²) in [4.78, 5) is 14.5. The lowest BCUT2D eigenvalue weighted by atomic mass is 9.77. The number of hydrogen-bond acceptors (Lipinski definition) is 5. The van der Waals surface area contributed by atoms with Crippen LogP contribution in [0.2, 0.25) is 0 Å². The van der Waals surface area contributed by atoms with Crippen molar-refractivity contribution in [2.75, 3.05) is 31.6 Å². The summed E-state index contributed by atoms with van der Waals surface area (Å²) < 4.78 is 8.42. The zero-order valence-corrected chi connectivity index (χ0v) is 14.1. The Morgan fingerprint density at radius 1 is 1.39 bits per heavy atom. The number of nitrogens with one attached hydrogen (secondary N) is 1. The fourth-order valence-electron chi connectivity index (χ4n) is 3.11. The minimum absolute atomic E-state index is 0.0292. The molecule has 0 bridgehead atoms. The highest BCUT2D eigenvalue weighted by molar-refractivity contribution is 7.58. The van der Waals surface area contributed by atoms with Crippen LogP contribution in [0.3, 0.4) is 0 Å². The SMILES string of the molecule is CCC1(CO)CCN(CC(=O)Nc2cccc3c2N=S=N3)CC1. The summed E-state index contributed by atoms with van der Waals surface area (Å²) in [6, 6.07) is 5.61. The van der Waals surface area contributed by atoms with Gasteiger partial charge in [-0.1, -0.05) is 13.0 Å². The zero-order chi connectivity index (χ0) is 16.3. The maximum absolute atomic E-state index is 12.3. The van der Waals surface area contributed by atoms with Crippen LogP contribution >= 0.6 is 0 Å². The number of aliphatic hydroxyl groups excluding tert-OH is 1. The van der Waals surface area contributed by atoms with E-state index < -0.39 is 0 Å². The van der Waals surface area contributed by atoms with Crippen molar-refractivity contribution in [1.29, 1.82) is 0 Å². The van der Waals surface area contributed by atoms with Crippen molar-refractivity contribution in [3.05, 3.63) is 18.2 Å². The van der Waals surface area contributed by atoms with Gasteiger partial charge in [-0.3, -0.25) is 9.69 Å². The smallest absolute Gasteiger partial charge is 0.238 e. The van der Waals surface area contributed by atoms with Crippen molar-refractivity contribution in [1.82, 2.24) is 4.90 Å². The molecule has 0 spiro atoms. The van der Waals surface area contributed by atoms with Crippen LogP contribution in [0.5, 0.6) is 0 Å². The Bertz CT molecular complexity index is 656. The van der Waals surface area contributed by atoms with Crippen LogP contribution in [-0.4, -0.2) is 42.2 Å². The van der Waals surface area contributed by atoms with Crippen molar-refractivity contribution >= 4 is 34.3 Å². The molecule has 2 aliphatic heterocycles. The number of amides is 1.